The Labute approximate surface area is 218 Å². The van der Waals surface area contributed by atoms with E-state index >= 15 is 0 Å². The molecule has 0 bridgehead atoms. The molecule has 1 fully saturated rings. The zero-order valence-electron chi connectivity index (χ0n) is 21.5. The summed E-state index contributed by atoms with van der Waals surface area (Å²) in [6, 6.07) is 22.7. The van der Waals surface area contributed by atoms with Gasteiger partial charge in [0.1, 0.15) is 17.7 Å². The van der Waals surface area contributed by atoms with E-state index < -0.39 is 0 Å². The van der Waals surface area contributed by atoms with E-state index in [0.717, 1.165) is 35.1 Å². The second-order valence-corrected chi connectivity index (χ2v) is 9.97. The topological polar surface area (TPSA) is 68.0 Å². The fourth-order valence-electron chi connectivity index (χ4n) is 4.76. The molecule has 0 saturated heterocycles. The van der Waals surface area contributed by atoms with Crippen LogP contribution in [0, 0.1) is 18.3 Å². The van der Waals surface area contributed by atoms with E-state index in [-0.39, 0.29) is 12.2 Å². The first-order chi connectivity index (χ1) is 18.0. The lowest BCUT2D eigenvalue weighted by Gasteiger charge is -2.35. The standard InChI is InChI=1S/C32H31N3O2/c1-21(2)29-11-12-34-19-31(29)30-10-9-24(13-22(30)3)26-14-25(17-33)32(35-18-26)37-28-15-27(16-28)36-20-23-7-5-4-6-8-23/h4-14,18-19,21,27-28H,15-16,20H2,1-3H3. The molecule has 1 aliphatic carbocycles. The molecule has 37 heavy (non-hydrogen) atoms. The number of hydrogen-bond acceptors (Lipinski definition) is 5. The maximum absolute atomic E-state index is 9.78. The normalized spacial score (nSPS) is 16.7. The predicted octanol–water partition coefficient (Wildman–Crippen LogP) is 7.24. The summed E-state index contributed by atoms with van der Waals surface area (Å²) in [5.74, 6) is 0.802. The van der Waals surface area contributed by atoms with Gasteiger partial charge in [0, 0.05) is 42.6 Å². The highest BCUT2D eigenvalue weighted by Crippen LogP contribution is 2.34. The first-order valence-corrected chi connectivity index (χ1v) is 12.8. The van der Waals surface area contributed by atoms with Crippen LogP contribution in [0.4, 0.5) is 0 Å². The molecular weight excluding hydrogens is 458 g/mol. The third-order valence-electron chi connectivity index (χ3n) is 6.96. The zero-order valence-corrected chi connectivity index (χ0v) is 21.5. The van der Waals surface area contributed by atoms with Crippen LogP contribution in [0.5, 0.6) is 5.88 Å². The summed E-state index contributed by atoms with van der Waals surface area (Å²) in [4.78, 5) is 8.87. The SMILES string of the molecule is Cc1cc(-c2cnc(OC3CC(OCc4ccccc4)C3)c(C#N)c2)ccc1-c1cnccc1C(C)C. The lowest BCUT2D eigenvalue weighted by molar-refractivity contribution is -0.0695. The molecule has 4 aromatic rings. The molecule has 0 atom stereocenters. The highest BCUT2D eigenvalue weighted by molar-refractivity contribution is 5.75. The minimum absolute atomic E-state index is 0.0161. The van der Waals surface area contributed by atoms with Crippen LogP contribution in [0.15, 0.2) is 79.3 Å². The van der Waals surface area contributed by atoms with E-state index in [4.69, 9.17) is 9.47 Å². The Hall–Kier alpha value is -4.01. The molecule has 0 amide bonds. The average molecular weight is 490 g/mol. The van der Waals surface area contributed by atoms with Gasteiger partial charge < -0.3 is 9.47 Å². The maximum atomic E-state index is 9.78. The van der Waals surface area contributed by atoms with Gasteiger partial charge in [-0.15, -0.1) is 0 Å². The Balaban J connectivity index is 1.26. The van der Waals surface area contributed by atoms with Gasteiger partial charge in [0.25, 0.3) is 0 Å². The highest BCUT2D eigenvalue weighted by atomic mass is 16.5. The Kier molecular flexibility index (Phi) is 7.30. The van der Waals surface area contributed by atoms with Crippen LogP contribution in [-0.2, 0) is 11.3 Å². The van der Waals surface area contributed by atoms with Crippen LogP contribution in [-0.4, -0.2) is 22.2 Å². The molecule has 5 heteroatoms. The number of rotatable bonds is 8. The van der Waals surface area contributed by atoms with Crippen molar-refractivity contribution < 1.29 is 9.47 Å². The van der Waals surface area contributed by atoms with Gasteiger partial charge in [-0.05, 0) is 52.8 Å². The summed E-state index contributed by atoms with van der Waals surface area (Å²) in [5.41, 5.74) is 8.29. The van der Waals surface area contributed by atoms with Gasteiger partial charge >= 0.3 is 0 Å². The van der Waals surface area contributed by atoms with Gasteiger partial charge in [-0.25, -0.2) is 4.98 Å². The largest absolute Gasteiger partial charge is 0.473 e. The zero-order chi connectivity index (χ0) is 25.8. The average Bonchev–Trinajstić information content (AvgIpc) is 2.90. The summed E-state index contributed by atoms with van der Waals surface area (Å²) >= 11 is 0. The summed E-state index contributed by atoms with van der Waals surface area (Å²) in [5, 5.41) is 9.78. The molecule has 0 aliphatic heterocycles. The van der Waals surface area contributed by atoms with Gasteiger partial charge in [0.2, 0.25) is 5.88 Å². The predicted molar refractivity (Wildman–Crippen MR) is 145 cm³/mol. The number of nitriles is 1. The van der Waals surface area contributed by atoms with Gasteiger partial charge in [-0.2, -0.15) is 5.26 Å². The minimum Gasteiger partial charge on any atom is -0.473 e. The second kappa shape index (κ2) is 10.9. The third-order valence-corrected chi connectivity index (χ3v) is 6.96. The van der Waals surface area contributed by atoms with E-state index in [1.54, 1.807) is 6.20 Å². The van der Waals surface area contributed by atoms with Crippen molar-refractivity contribution in [3.63, 3.8) is 0 Å². The van der Waals surface area contributed by atoms with Crippen molar-refractivity contribution >= 4 is 0 Å². The lowest BCUT2D eigenvalue weighted by Crippen LogP contribution is -2.39. The summed E-state index contributed by atoms with van der Waals surface area (Å²) in [6.07, 6.45) is 7.37. The van der Waals surface area contributed by atoms with Gasteiger partial charge in [0.15, 0.2) is 0 Å². The number of benzene rings is 2. The van der Waals surface area contributed by atoms with E-state index in [9.17, 15) is 5.26 Å². The summed E-state index contributed by atoms with van der Waals surface area (Å²) < 4.78 is 12.0. The molecule has 5 nitrogen and oxygen atoms in total. The van der Waals surface area contributed by atoms with Crippen molar-refractivity contribution in [3.8, 4) is 34.2 Å². The summed E-state index contributed by atoms with van der Waals surface area (Å²) in [7, 11) is 0. The number of hydrogen-bond donors (Lipinski definition) is 0. The van der Waals surface area contributed by atoms with Gasteiger partial charge in [-0.3, -0.25) is 4.98 Å². The van der Waals surface area contributed by atoms with Crippen molar-refractivity contribution in [2.24, 2.45) is 0 Å². The second-order valence-electron chi connectivity index (χ2n) is 9.97. The maximum Gasteiger partial charge on any atom is 0.231 e. The van der Waals surface area contributed by atoms with Crippen molar-refractivity contribution in [2.45, 2.75) is 58.3 Å². The number of aromatic nitrogens is 2. The molecule has 0 spiro atoms. The van der Waals surface area contributed by atoms with Crippen LogP contribution in [0.1, 0.15) is 54.9 Å². The van der Waals surface area contributed by atoms with E-state index in [1.165, 1.54) is 16.7 Å². The van der Waals surface area contributed by atoms with E-state index in [1.807, 2.05) is 36.7 Å². The molecule has 0 unspecified atom stereocenters. The molecule has 2 heterocycles. The Bertz CT molecular complexity index is 1420. The fraction of sp³-hybridized carbons (Fsp3) is 0.281. The van der Waals surface area contributed by atoms with E-state index in [2.05, 4.69) is 73.2 Å². The third kappa shape index (κ3) is 5.55. The first kappa shape index (κ1) is 24.7. The molecule has 0 N–H and O–H groups in total. The monoisotopic (exact) mass is 489 g/mol. The number of pyridine rings is 2. The van der Waals surface area contributed by atoms with Crippen molar-refractivity contribution in [1.29, 1.82) is 5.26 Å². The molecule has 2 aromatic heterocycles. The fourth-order valence-corrected chi connectivity index (χ4v) is 4.76. The quantitative estimate of drug-likeness (QED) is 0.261. The number of nitrogens with zero attached hydrogens (tertiary/aromatic N) is 3. The van der Waals surface area contributed by atoms with Crippen LogP contribution in [0.3, 0.4) is 0 Å². The van der Waals surface area contributed by atoms with Crippen LogP contribution in [0.25, 0.3) is 22.3 Å². The van der Waals surface area contributed by atoms with Crippen molar-refractivity contribution in [1.82, 2.24) is 9.97 Å². The number of aryl methyl sites for hydroxylation is 1. The van der Waals surface area contributed by atoms with Crippen molar-refractivity contribution in [3.05, 3.63) is 102 Å². The molecule has 2 aromatic carbocycles. The lowest BCUT2D eigenvalue weighted by atomic mass is 9.90. The van der Waals surface area contributed by atoms with Gasteiger partial charge in [0.05, 0.1) is 12.7 Å². The molecule has 5 rings (SSSR count). The smallest absolute Gasteiger partial charge is 0.231 e. The van der Waals surface area contributed by atoms with Gasteiger partial charge in [-0.1, -0.05) is 62.4 Å². The molecular formula is C32H31N3O2. The van der Waals surface area contributed by atoms with Crippen LogP contribution >= 0.6 is 0 Å². The highest BCUT2D eigenvalue weighted by Gasteiger charge is 2.32. The molecule has 1 saturated carbocycles. The Morgan fingerprint density at radius 3 is 2.49 bits per heavy atom. The minimum atomic E-state index is 0.0161. The van der Waals surface area contributed by atoms with Crippen molar-refractivity contribution in [2.75, 3.05) is 0 Å². The molecule has 1 aliphatic rings. The number of ether oxygens (including phenoxy) is 2. The first-order valence-electron chi connectivity index (χ1n) is 12.8. The Morgan fingerprint density at radius 1 is 0.946 bits per heavy atom. The Morgan fingerprint density at radius 2 is 1.76 bits per heavy atom. The van der Waals surface area contributed by atoms with E-state index in [0.29, 0.717) is 24.0 Å². The summed E-state index contributed by atoms with van der Waals surface area (Å²) in [6.45, 7) is 7.11. The van der Waals surface area contributed by atoms with Crippen LogP contribution < -0.4 is 4.74 Å². The molecule has 0 radical (unpaired) electrons. The molecule has 186 valence electrons. The van der Waals surface area contributed by atoms with Crippen LogP contribution in [0.2, 0.25) is 0 Å².